The first kappa shape index (κ1) is 10.3. The van der Waals surface area contributed by atoms with E-state index in [4.69, 9.17) is 17.3 Å². The van der Waals surface area contributed by atoms with Crippen LogP contribution in [0.2, 0.25) is 5.02 Å². The summed E-state index contributed by atoms with van der Waals surface area (Å²) < 4.78 is 21.9. The van der Waals surface area contributed by atoms with Crippen molar-refractivity contribution < 1.29 is 8.42 Å². The van der Waals surface area contributed by atoms with Crippen molar-refractivity contribution in [3.05, 3.63) is 28.8 Å². The van der Waals surface area contributed by atoms with Crippen LogP contribution in [0.3, 0.4) is 0 Å². The Morgan fingerprint density at radius 1 is 1.46 bits per heavy atom. The maximum absolute atomic E-state index is 10.9. The summed E-state index contributed by atoms with van der Waals surface area (Å²) in [6.07, 6.45) is 1.17. The smallest absolute Gasteiger partial charge is 0.151 e. The van der Waals surface area contributed by atoms with Crippen molar-refractivity contribution >= 4 is 27.1 Å². The van der Waals surface area contributed by atoms with E-state index in [2.05, 4.69) is 0 Å². The van der Waals surface area contributed by atoms with Crippen LogP contribution in [0.1, 0.15) is 5.56 Å². The van der Waals surface area contributed by atoms with Crippen molar-refractivity contribution in [3.63, 3.8) is 0 Å². The molecule has 0 saturated carbocycles. The molecule has 0 amide bonds. The molecule has 1 rings (SSSR count). The second kappa shape index (κ2) is 3.55. The van der Waals surface area contributed by atoms with Gasteiger partial charge in [-0.25, -0.2) is 8.42 Å². The van der Waals surface area contributed by atoms with Gasteiger partial charge in [-0.2, -0.15) is 0 Å². The Morgan fingerprint density at radius 2 is 2.08 bits per heavy atom. The van der Waals surface area contributed by atoms with Crippen LogP contribution in [0.15, 0.2) is 18.2 Å². The molecule has 0 heterocycles. The molecule has 0 spiro atoms. The van der Waals surface area contributed by atoms with Gasteiger partial charge in [0.25, 0.3) is 0 Å². The monoisotopic (exact) mass is 219 g/mol. The molecule has 5 heteroatoms. The summed E-state index contributed by atoms with van der Waals surface area (Å²) in [6, 6.07) is 4.80. The van der Waals surface area contributed by atoms with E-state index in [1.54, 1.807) is 18.2 Å². The minimum absolute atomic E-state index is 0.0495. The molecule has 13 heavy (non-hydrogen) atoms. The predicted octanol–water partition coefficient (Wildman–Crippen LogP) is 1.47. The van der Waals surface area contributed by atoms with Gasteiger partial charge in [-0.3, -0.25) is 0 Å². The second-order valence-electron chi connectivity index (χ2n) is 2.92. The van der Waals surface area contributed by atoms with Gasteiger partial charge < -0.3 is 5.73 Å². The van der Waals surface area contributed by atoms with Crippen LogP contribution in [0, 0.1) is 0 Å². The molecule has 1 aromatic rings. The summed E-state index contributed by atoms with van der Waals surface area (Å²) in [5.41, 5.74) is 6.57. The molecule has 0 aliphatic rings. The summed E-state index contributed by atoms with van der Waals surface area (Å²) in [7, 11) is -3.04. The number of benzene rings is 1. The molecule has 3 nitrogen and oxygen atoms in total. The predicted molar refractivity (Wildman–Crippen MR) is 54.4 cm³/mol. The Bertz CT molecular complexity index is 414. The van der Waals surface area contributed by atoms with E-state index in [0.717, 1.165) is 0 Å². The van der Waals surface area contributed by atoms with Gasteiger partial charge in [0.2, 0.25) is 0 Å². The maximum atomic E-state index is 10.9. The molecule has 0 unspecified atom stereocenters. The van der Waals surface area contributed by atoms with E-state index in [-0.39, 0.29) is 5.75 Å². The van der Waals surface area contributed by atoms with Gasteiger partial charge in [-0.1, -0.05) is 17.7 Å². The molecule has 0 fully saturated rings. The van der Waals surface area contributed by atoms with Crippen LogP contribution < -0.4 is 5.73 Å². The Morgan fingerprint density at radius 3 is 2.54 bits per heavy atom. The average Bonchev–Trinajstić information content (AvgIpc) is 1.93. The minimum Gasteiger partial charge on any atom is -0.399 e. The topological polar surface area (TPSA) is 60.2 Å². The first-order valence-electron chi connectivity index (χ1n) is 3.60. The quantitative estimate of drug-likeness (QED) is 0.767. The van der Waals surface area contributed by atoms with E-state index < -0.39 is 9.84 Å². The number of sulfone groups is 1. The molecular formula is C8H10ClNO2S. The number of hydrogen-bond donors (Lipinski definition) is 1. The Labute approximate surface area is 82.4 Å². The molecule has 0 aliphatic heterocycles. The second-order valence-corrected chi connectivity index (χ2v) is 5.47. The zero-order chi connectivity index (χ0) is 10.1. The highest BCUT2D eigenvalue weighted by Gasteiger charge is 2.07. The third-order valence-corrected chi connectivity index (χ3v) is 2.68. The van der Waals surface area contributed by atoms with E-state index in [0.29, 0.717) is 16.3 Å². The Balaban J connectivity index is 3.04. The standard InChI is InChI=1S/C8H10ClNO2S/c1-13(11,12)5-6-2-3-7(10)4-8(6)9/h2-4H,5,10H2,1H3. The van der Waals surface area contributed by atoms with Crippen LogP contribution in [0.5, 0.6) is 0 Å². The highest BCUT2D eigenvalue weighted by molar-refractivity contribution is 7.89. The molecule has 0 saturated heterocycles. The molecule has 1 aromatic carbocycles. The Hall–Kier alpha value is -0.740. The Kier molecular flexibility index (Phi) is 2.83. The van der Waals surface area contributed by atoms with Gasteiger partial charge in [0, 0.05) is 17.0 Å². The lowest BCUT2D eigenvalue weighted by Gasteiger charge is -2.03. The number of nitrogen functional groups attached to an aromatic ring is 1. The lowest BCUT2D eigenvalue weighted by atomic mass is 10.2. The summed E-state index contributed by atoms with van der Waals surface area (Å²) in [5.74, 6) is -0.0495. The molecular weight excluding hydrogens is 210 g/mol. The number of rotatable bonds is 2. The third-order valence-electron chi connectivity index (χ3n) is 1.49. The molecule has 0 bridgehead atoms. The average molecular weight is 220 g/mol. The van der Waals surface area contributed by atoms with Gasteiger partial charge in [0.05, 0.1) is 5.75 Å². The fourth-order valence-electron chi connectivity index (χ4n) is 0.963. The van der Waals surface area contributed by atoms with Crippen molar-refractivity contribution in [1.29, 1.82) is 0 Å². The van der Waals surface area contributed by atoms with E-state index in [1.807, 2.05) is 0 Å². The summed E-state index contributed by atoms with van der Waals surface area (Å²) in [6.45, 7) is 0. The first-order valence-corrected chi connectivity index (χ1v) is 6.04. The van der Waals surface area contributed by atoms with Crippen molar-refractivity contribution in [1.82, 2.24) is 0 Å². The lowest BCUT2D eigenvalue weighted by molar-refractivity contribution is 0.601. The van der Waals surface area contributed by atoms with E-state index in [1.165, 1.54) is 6.26 Å². The number of nitrogens with two attached hydrogens (primary N) is 1. The summed E-state index contributed by atoms with van der Waals surface area (Å²) in [5, 5.41) is 0.394. The van der Waals surface area contributed by atoms with Crippen LogP contribution >= 0.6 is 11.6 Å². The van der Waals surface area contributed by atoms with Crippen LogP contribution in [0.4, 0.5) is 5.69 Å². The molecule has 0 atom stereocenters. The van der Waals surface area contributed by atoms with Gasteiger partial charge in [0.15, 0.2) is 9.84 Å². The van der Waals surface area contributed by atoms with Gasteiger partial charge in [-0.05, 0) is 17.7 Å². The van der Waals surface area contributed by atoms with Crippen molar-refractivity contribution in [3.8, 4) is 0 Å². The minimum atomic E-state index is -3.04. The molecule has 0 aromatic heterocycles. The largest absolute Gasteiger partial charge is 0.399 e. The molecule has 0 aliphatic carbocycles. The van der Waals surface area contributed by atoms with Crippen molar-refractivity contribution in [2.45, 2.75) is 5.75 Å². The zero-order valence-corrected chi connectivity index (χ0v) is 8.69. The number of anilines is 1. The zero-order valence-electron chi connectivity index (χ0n) is 7.12. The summed E-state index contributed by atoms with van der Waals surface area (Å²) >= 11 is 5.79. The van der Waals surface area contributed by atoms with Gasteiger partial charge in [0.1, 0.15) is 0 Å². The highest BCUT2D eigenvalue weighted by Crippen LogP contribution is 2.20. The van der Waals surface area contributed by atoms with E-state index in [9.17, 15) is 8.42 Å². The fraction of sp³-hybridized carbons (Fsp3) is 0.250. The number of hydrogen-bond acceptors (Lipinski definition) is 3. The van der Waals surface area contributed by atoms with Crippen LogP contribution in [-0.4, -0.2) is 14.7 Å². The summed E-state index contributed by atoms with van der Waals surface area (Å²) in [4.78, 5) is 0. The molecule has 0 radical (unpaired) electrons. The van der Waals surface area contributed by atoms with Crippen LogP contribution in [0.25, 0.3) is 0 Å². The third kappa shape index (κ3) is 3.24. The maximum Gasteiger partial charge on any atom is 0.151 e. The normalized spacial score (nSPS) is 11.5. The first-order chi connectivity index (χ1) is 5.88. The lowest BCUT2D eigenvalue weighted by Crippen LogP contribution is -2.01. The van der Waals surface area contributed by atoms with Crippen molar-refractivity contribution in [2.75, 3.05) is 12.0 Å². The molecule has 72 valence electrons. The van der Waals surface area contributed by atoms with E-state index >= 15 is 0 Å². The molecule has 2 N–H and O–H groups in total. The highest BCUT2D eigenvalue weighted by atomic mass is 35.5. The SMILES string of the molecule is CS(=O)(=O)Cc1ccc(N)cc1Cl. The fourth-order valence-corrected chi connectivity index (χ4v) is 2.11. The van der Waals surface area contributed by atoms with Gasteiger partial charge >= 0.3 is 0 Å². The van der Waals surface area contributed by atoms with Crippen molar-refractivity contribution in [2.24, 2.45) is 0 Å². The number of halogens is 1. The van der Waals surface area contributed by atoms with Crippen LogP contribution in [-0.2, 0) is 15.6 Å². The van der Waals surface area contributed by atoms with Gasteiger partial charge in [-0.15, -0.1) is 0 Å².